The summed E-state index contributed by atoms with van der Waals surface area (Å²) in [6, 6.07) is 9.97. The molecule has 92 valence electrons. The number of thiol groups is 1. The summed E-state index contributed by atoms with van der Waals surface area (Å²) in [5, 5.41) is 2.20. The lowest BCUT2D eigenvalue weighted by Gasteiger charge is -1.86. The van der Waals surface area contributed by atoms with Gasteiger partial charge in [-0.2, -0.15) is 0 Å². The van der Waals surface area contributed by atoms with Crippen LogP contribution in [-0.4, -0.2) is 13.4 Å². The maximum atomic E-state index is 10.1. The van der Waals surface area contributed by atoms with Crippen molar-refractivity contribution in [1.29, 1.82) is 0 Å². The van der Waals surface area contributed by atoms with Gasteiger partial charge in [-0.15, -0.1) is 11.3 Å². The zero-order valence-electron chi connectivity index (χ0n) is 8.96. The molecule has 1 aromatic heterocycles. The number of rotatable bonds is 2. The summed E-state index contributed by atoms with van der Waals surface area (Å²) in [5.74, 6) is 0. The average molecular weight is 335 g/mol. The summed E-state index contributed by atoms with van der Waals surface area (Å²) in [7, 11) is -2.57. The quantitative estimate of drug-likeness (QED) is 0.830. The first-order chi connectivity index (χ1) is 8.08. The van der Waals surface area contributed by atoms with Crippen LogP contribution < -0.4 is 4.72 Å². The first-order valence-corrected chi connectivity index (χ1v) is 7.46. The van der Waals surface area contributed by atoms with Gasteiger partial charge in [0.2, 0.25) is 10.9 Å². The number of nitrogens with zero attached hydrogens (tertiary/aromatic N) is 1. The minimum Gasteiger partial charge on any atom is -0.261 e. The number of aryl methyl sites for hydroxylation is 1. The second-order valence-electron chi connectivity index (χ2n) is 2.96. The van der Waals surface area contributed by atoms with Crippen molar-refractivity contribution in [3.63, 3.8) is 0 Å². The average Bonchev–Trinajstić information content (AvgIpc) is 2.65. The highest BCUT2D eigenvalue weighted by atomic mass is 79.9. The molecule has 0 saturated heterocycles. The standard InChI is InChI=1S/C6H5Br.C4H6N2O2S2/c7-6-4-2-1-3-5-6;1-3-2-9-4(5-3)6-10(7)8/h1-5H;2,10H,1H3,(H,5,6,7,8). The second-order valence-corrected chi connectivity index (χ2v) is 5.47. The van der Waals surface area contributed by atoms with Gasteiger partial charge in [0.05, 0.1) is 5.69 Å². The lowest BCUT2D eigenvalue weighted by atomic mass is 10.4. The first kappa shape index (κ1) is 14.1. The monoisotopic (exact) mass is 334 g/mol. The third kappa shape index (κ3) is 6.40. The second kappa shape index (κ2) is 7.41. The van der Waals surface area contributed by atoms with Crippen LogP contribution in [0.15, 0.2) is 40.2 Å². The van der Waals surface area contributed by atoms with E-state index in [2.05, 4.69) is 25.6 Å². The van der Waals surface area contributed by atoms with Crippen LogP contribution in [0.4, 0.5) is 5.13 Å². The molecular weight excluding hydrogens is 324 g/mol. The molecule has 0 saturated carbocycles. The van der Waals surface area contributed by atoms with Gasteiger partial charge in [-0.25, -0.2) is 13.4 Å². The summed E-state index contributed by atoms with van der Waals surface area (Å²) in [6.07, 6.45) is 0. The Morgan fingerprint density at radius 2 is 1.94 bits per heavy atom. The predicted molar refractivity (Wildman–Crippen MR) is 74.9 cm³/mol. The molecule has 0 aliphatic heterocycles. The number of thiazole rings is 1. The van der Waals surface area contributed by atoms with Crippen molar-refractivity contribution in [2.45, 2.75) is 6.92 Å². The predicted octanol–water partition coefficient (Wildman–Crippen LogP) is 2.84. The molecule has 0 atom stereocenters. The highest BCUT2D eigenvalue weighted by Gasteiger charge is 1.95. The number of anilines is 1. The van der Waals surface area contributed by atoms with Crippen LogP contribution in [0.3, 0.4) is 0 Å². The van der Waals surface area contributed by atoms with Gasteiger partial charge >= 0.3 is 0 Å². The van der Waals surface area contributed by atoms with Crippen molar-refractivity contribution in [1.82, 2.24) is 4.98 Å². The van der Waals surface area contributed by atoms with Crippen LogP contribution in [0.5, 0.6) is 0 Å². The van der Waals surface area contributed by atoms with E-state index in [-0.39, 0.29) is 0 Å². The van der Waals surface area contributed by atoms with Crippen molar-refractivity contribution in [2.24, 2.45) is 0 Å². The van der Waals surface area contributed by atoms with E-state index >= 15 is 0 Å². The minimum atomic E-state index is -2.57. The van der Waals surface area contributed by atoms with Gasteiger partial charge in [0.15, 0.2) is 5.13 Å². The Morgan fingerprint density at radius 1 is 1.29 bits per heavy atom. The third-order valence-electron chi connectivity index (χ3n) is 1.54. The van der Waals surface area contributed by atoms with Gasteiger partial charge in [0.25, 0.3) is 0 Å². The third-order valence-corrected chi connectivity index (χ3v) is 3.49. The Kier molecular flexibility index (Phi) is 6.17. The highest BCUT2D eigenvalue weighted by molar-refractivity contribution is 9.10. The zero-order valence-corrected chi connectivity index (χ0v) is 12.3. The maximum absolute atomic E-state index is 10.1. The number of halogens is 1. The molecule has 4 nitrogen and oxygen atoms in total. The molecule has 0 amide bonds. The smallest absolute Gasteiger partial charge is 0.224 e. The summed E-state index contributed by atoms with van der Waals surface area (Å²) in [6.45, 7) is 1.81. The van der Waals surface area contributed by atoms with Gasteiger partial charge in [-0.05, 0) is 19.1 Å². The minimum absolute atomic E-state index is 0.425. The van der Waals surface area contributed by atoms with E-state index in [0.29, 0.717) is 5.13 Å². The van der Waals surface area contributed by atoms with Crippen LogP contribution in [0.1, 0.15) is 5.69 Å². The molecule has 0 unspecified atom stereocenters. The largest absolute Gasteiger partial charge is 0.261 e. The fourth-order valence-electron chi connectivity index (χ4n) is 0.898. The lowest BCUT2D eigenvalue weighted by molar-refractivity contribution is 0.619. The van der Waals surface area contributed by atoms with Crippen molar-refractivity contribution in [3.05, 3.63) is 45.9 Å². The van der Waals surface area contributed by atoms with Gasteiger partial charge in [0.1, 0.15) is 0 Å². The Bertz CT molecular complexity index is 518. The highest BCUT2D eigenvalue weighted by Crippen LogP contribution is 2.13. The number of hydrogen-bond donors (Lipinski definition) is 2. The molecule has 1 aromatic carbocycles. The van der Waals surface area contributed by atoms with Crippen LogP contribution in [0, 0.1) is 6.92 Å². The van der Waals surface area contributed by atoms with Gasteiger partial charge in [-0.3, -0.25) is 4.72 Å². The van der Waals surface area contributed by atoms with E-state index in [9.17, 15) is 8.42 Å². The molecule has 0 radical (unpaired) electrons. The summed E-state index contributed by atoms with van der Waals surface area (Å²) in [4.78, 5) is 3.87. The van der Waals surface area contributed by atoms with Crippen LogP contribution in [-0.2, 0) is 10.9 Å². The molecule has 1 heterocycles. The molecule has 7 heteroatoms. The Balaban J connectivity index is 0.000000181. The van der Waals surface area contributed by atoms with Crippen LogP contribution in [0.2, 0.25) is 0 Å². The topological polar surface area (TPSA) is 59.1 Å². The van der Waals surface area contributed by atoms with E-state index in [1.807, 2.05) is 30.3 Å². The molecule has 0 spiro atoms. The molecule has 0 bridgehead atoms. The van der Waals surface area contributed by atoms with E-state index in [1.165, 1.54) is 11.3 Å². The van der Waals surface area contributed by atoms with Crippen LogP contribution >= 0.6 is 27.3 Å². The molecule has 2 aromatic rings. The number of aromatic nitrogens is 1. The molecule has 17 heavy (non-hydrogen) atoms. The van der Waals surface area contributed by atoms with Crippen molar-refractivity contribution >= 4 is 43.3 Å². The van der Waals surface area contributed by atoms with E-state index in [0.717, 1.165) is 10.2 Å². The maximum Gasteiger partial charge on any atom is 0.224 e. The molecule has 1 N–H and O–H groups in total. The summed E-state index contributed by atoms with van der Waals surface area (Å²) < 4.78 is 23.5. The molecule has 2 rings (SSSR count). The Hall–Kier alpha value is -0.920. The first-order valence-electron chi connectivity index (χ1n) is 4.61. The van der Waals surface area contributed by atoms with Crippen molar-refractivity contribution in [2.75, 3.05) is 4.72 Å². The van der Waals surface area contributed by atoms with Crippen molar-refractivity contribution in [3.8, 4) is 0 Å². The van der Waals surface area contributed by atoms with Gasteiger partial charge < -0.3 is 0 Å². The zero-order chi connectivity index (χ0) is 12.7. The Labute approximate surface area is 114 Å². The van der Waals surface area contributed by atoms with Gasteiger partial charge in [0, 0.05) is 9.85 Å². The van der Waals surface area contributed by atoms with Gasteiger partial charge in [-0.1, -0.05) is 34.1 Å². The van der Waals surface area contributed by atoms with Crippen molar-refractivity contribution < 1.29 is 8.42 Å². The van der Waals surface area contributed by atoms with E-state index < -0.39 is 10.9 Å². The van der Waals surface area contributed by atoms with Crippen LogP contribution in [0.25, 0.3) is 0 Å². The molecule has 0 aliphatic carbocycles. The SMILES string of the molecule is Brc1ccccc1.Cc1csc(N[SH](=O)=O)n1. The van der Waals surface area contributed by atoms with E-state index in [1.54, 1.807) is 12.3 Å². The molecule has 0 fully saturated rings. The molecular formula is C10H11BrN2O2S2. The van der Waals surface area contributed by atoms with E-state index in [4.69, 9.17) is 0 Å². The number of benzene rings is 1. The fourth-order valence-corrected chi connectivity index (χ4v) is 2.38. The Morgan fingerprint density at radius 3 is 2.29 bits per heavy atom. The summed E-state index contributed by atoms with van der Waals surface area (Å²) in [5.41, 5.74) is 0.823. The fraction of sp³-hybridized carbons (Fsp3) is 0.100. The normalized spacial score (nSPS) is 9.59. The number of nitrogens with one attached hydrogen (secondary N) is 1. The summed E-state index contributed by atoms with van der Waals surface area (Å²) >= 11 is 4.58. The lowest BCUT2D eigenvalue weighted by Crippen LogP contribution is -1.93. The number of hydrogen-bond acceptors (Lipinski definition) is 4. The molecule has 0 aliphatic rings.